The molecule has 6 nitrogen and oxygen atoms in total. The Morgan fingerprint density at radius 1 is 1.21 bits per heavy atom. The first-order chi connectivity index (χ1) is 9.25. The Bertz CT molecular complexity index is 740. The molecule has 7 heteroatoms. The first kappa shape index (κ1) is 11.5. The molecule has 0 spiro atoms. The number of pyridine rings is 1. The van der Waals surface area contributed by atoms with Crippen LogP contribution in [0.25, 0.3) is 10.1 Å². The van der Waals surface area contributed by atoms with E-state index < -0.39 is 0 Å². The van der Waals surface area contributed by atoms with Crippen molar-refractivity contribution in [1.82, 2.24) is 15.0 Å². The Morgan fingerprint density at radius 2 is 2.00 bits per heavy atom. The monoisotopic (exact) mass is 271 g/mol. The van der Waals surface area contributed by atoms with Crippen LogP contribution in [-0.4, -0.2) is 20.9 Å². The number of aromatic nitrogens is 3. The molecule has 0 bridgehead atoms. The van der Waals surface area contributed by atoms with Gasteiger partial charge in [0, 0.05) is 17.8 Å². The molecule has 0 aromatic carbocycles. The number of nitrogens with two attached hydrogens (primary N) is 1. The van der Waals surface area contributed by atoms with Gasteiger partial charge in [0.05, 0.1) is 28.5 Å². The van der Waals surface area contributed by atoms with E-state index in [9.17, 15) is 4.79 Å². The van der Waals surface area contributed by atoms with E-state index in [0.717, 1.165) is 10.1 Å². The minimum Gasteiger partial charge on any atom is -0.397 e. The van der Waals surface area contributed by atoms with Crippen LogP contribution < -0.4 is 11.1 Å². The van der Waals surface area contributed by atoms with Crippen molar-refractivity contribution in [1.29, 1.82) is 0 Å². The molecular weight excluding hydrogens is 262 g/mol. The summed E-state index contributed by atoms with van der Waals surface area (Å²) in [5.74, 6) is -0.270. The molecule has 0 saturated carbocycles. The van der Waals surface area contributed by atoms with E-state index in [1.54, 1.807) is 18.5 Å². The number of amides is 1. The Hall–Kier alpha value is -2.54. The van der Waals surface area contributed by atoms with Crippen molar-refractivity contribution in [3.05, 3.63) is 42.1 Å². The van der Waals surface area contributed by atoms with E-state index in [1.165, 1.54) is 30.1 Å². The highest BCUT2D eigenvalue weighted by Gasteiger charge is 2.16. The fourth-order valence-corrected chi connectivity index (χ4v) is 2.68. The van der Waals surface area contributed by atoms with Crippen molar-refractivity contribution in [2.24, 2.45) is 0 Å². The van der Waals surface area contributed by atoms with Gasteiger partial charge in [0.1, 0.15) is 11.2 Å². The summed E-state index contributed by atoms with van der Waals surface area (Å²) < 4.78 is 0.884. The van der Waals surface area contributed by atoms with Crippen LogP contribution in [0.3, 0.4) is 0 Å². The van der Waals surface area contributed by atoms with Crippen LogP contribution in [0.1, 0.15) is 9.67 Å². The summed E-state index contributed by atoms with van der Waals surface area (Å²) in [5, 5.41) is 3.55. The summed E-state index contributed by atoms with van der Waals surface area (Å²) in [6.45, 7) is 0. The minimum atomic E-state index is -0.270. The quantitative estimate of drug-likeness (QED) is 0.742. The van der Waals surface area contributed by atoms with E-state index >= 15 is 0 Å². The van der Waals surface area contributed by atoms with Crippen molar-refractivity contribution in [3.8, 4) is 0 Å². The average molecular weight is 271 g/mol. The average Bonchev–Trinajstić information content (AvgIpc) is 2.78. The molecule has 0 aliphatic heterocycles. The van der Waals surface area contributed by atoms with Crippen LogP contribution in [-0.2, 0) is 0 Å². The lowest BCUT2D eigenvalue weighted by Gasteiger charge is -2.02. The van der Waals surface area contributed by atoms with Gasteiger partial charge in [-0.05, 0) is 6.07 Å². The van der Waals surface area contributed by atoms with Gasteiger partial charge in [-0.1, -0.05) is 0 Å². The summed E-state index contributed by atoms with van der Waals surface area (Å²) >= 11 is 1.31. The number of hydrogen-bond donors (Lipinski definition) is 2. The van der Waals surface area contributed by atoms with Gasteiger partial charge in [0.2, 0.25) is 0 Å². The third-order valence-electron chi connectivity index (χ3n) is 2.56. The van der Waals surface area contributed by atoms with Gasteiger partial charge in [-0.3, -0.25) is 9.78 Å². The van der Waals surface area contributed by atoms with E-state index in [0.29, 0.717) is 16.3 Å². The maximum Gasteiger partial charge on any atom is 0.267 e. The molecule has 0 aliphatic carbocycles. The molecule has 0 atom stereocenters. The van der Waals surface area contributed by atoms with Gasteiger partial charge < -0.3 is 11.1 Å². The Morgan fingerprint density at radius 3 is 2.74 bits per heavy atom. The molecule has 0 fully saturated rings. The second-order valence-electron chi connectivity index (χ2n) is 3.80. The summed E-state index contributed by atoms with van der Waals surface area (Å²) in [6, 6.07) is 1.80. The number of nitrogens with zero attached hydrogens (tertiary/aromatic N) is 3. The van der Waals surface area contributed by atoms with Crippen LogP contribution in [0.4, 0.5) is 11.4 Å². The van der Waals surface area contributed by atoms with Crippen molar-refractivity contribution in [2.45, 2.75) is 0 Å². The number of hydrogen-bond acceptors (Lipinski definition) is 6. The molecule has 3 heterocycles. The predicted molar refractivity (Wildman–Crippen MR) is 74.0 cm³/mol. The molecule has 0 radical (unpaired) electrons. The lowest BCUT2D eigenvalue weighted by atomic mass is 10.2. The molecule has 0 aliphatic rings. The summed E-state index contributed by atoms with van der Waals surface area (Å²) in [6.07, 6.45) is 7.79. The van der Waals surface area contributed by atoms with Gasteiger partial charge in [0.25, 0.3) is 5.91 Å². The standard InChI is InChI=1S/C12H9N5OS/c13-10-8-1-2-14-5-9(8)19-11(10)12(18)17-7-3-15-6-16-4-7/h1-6H,13H2,(H,17,18). The van der Waals surface area contributed by atoms with Crippen LogP contribution in [0.15, 0.2) is 37.2 Å². The highest BCUT2D eigenvalue weighted by molar-refractivity contribution is 7.21. The van der Waals surface area contributed by atoms with Crippen molar-refractivity contribution in [2.75, 3.05) is 11.1 Å². The second-order valence-corrected chi connectivity index (χ2v) is 4.85. The lowest BCUT2D eigenvalue weighted by Crippen LogP contribution is -2.12. The topological polar surface area (TPSA) is 93.8 Å². The molecule has 0 unspecified atom stereocenters. The largest absolute Gasteiger partial charge is 0.397 e. The number of nitrogens with one attached hydrogen (secondary N) is 1. The van der Waals surface area contributed by atoms with E-state index in [2.05, 4.69) is 20.3 Å². The predicted octanol–water partition coefficient (Wildman–Crippen LogP) is 1.92. The Balaban J connectivity index is 1.96. The first-order valence-corrected chi connectivity index (χ1v) is 6.25. The highest BCUT2D eigenvalue weighted by Crippen LogP contribution is 2.33. The lowest BCUT2D eigenvalue weighted by molar-refractivity contribution is 0.103. The van der Waals surface area contributed by atoms with Crippen LogP contribution in [0.2, 0.25) is 0 Å². The zero-order chi connectivity index (χ0) is 13.2. The maximum absolute atomic E-state index is 12.1. The maximum atomic E-state index is 12.1. The number of rotatable bonds is 2. The summed E-state index contributed by atoms with van der Waals surface area (Å²) in [7, 11) is 0. The van der Waals surface area contributed by atoms with Gasteiger partial charge in [-0.25, -0.2) is 9.97 Å². The molecule has 0 saturated heterocycles. The fraction of sp³-hybridized carbons (Fsp3) is 0. The SMILES string of the molecule is Nc1c(C(=O)Nc2cncnc2)sc2cnccc12. The second kappa shape index (κ2) is 4.62. The number of carbonyl (C=O) groups excluding carboxylic acids is 1. The number of nitrogen functional groups attached to an aromatic ring is 1. The van der Waals surface area contributed by atoms with Crippen molar-refractivity contribution in [3.63, 3.8) is 0 Å². The summed E-state index contributed by atoms with van der Waals surface area (Å²) in [4.78, 5) is 24.3. The normalized spacial score (nSPS) is 10.5. The molecule has 3 N–H and O–H groups in total. The molecule has 1 amide bonds. The minimum absolute atomic E-state index is 0.270. The van der Waals surface area contributed by atoms with E-state index in [1.807, 2.05) is 0 Å². The first-order valence-electron chi connectivity index (χ1n) is 5.44. The third-order valence-corrected chi connectivity index (χ3v) is 3.71. The van der Waals surface area contributed by atoms with Crippen molar-refractivity contribution >= 4 is 38.7 Å². The zero-order valence-corrected chi connectivity index (χ0v) is 10.5. The zero-order valence-electron chi connectivity index (χ0n) is 9.70. The Labute approximate surface area is 112 Å². The van der Waals surface area contributed by atoms with E-state index in [4.69, 9.17) is 5.73 Å². The van der Waals surface area contributed by atoms with Gasteiger partial charge >= 0.3 is 0 Å². The summed E-state index contributed by atoms with van der Waals surface area (Å²) in [5.41, 5.74) is 6.98. The molecule has 19 heavy (non-hydrogen) atoms. The fourth-order valence-electron chi connectivity index (χ4n) is 1.69. The van der Waals surface area contributed by atoms with Gasteiger partial charge in [-0.15, -0.1) is 11.3 Å². The molecule has 3 rings (SSSR count). The Kier molecular flexibility index (Phi) is 2.81. The molecular formula is C12H9N5OS. The molecule has 94 valence electrons. The molecule has 3 aromatic heterocycles. The number of fused-ring (bicyclic) bond motifs is 1. The van der Waals surface area contributed by atoms with Gasteiger partial charge in [-0.2, -0.15) is 0 Å². The molecule has 3 aromatic rings. The smallest absolute Gasteiger partial charge is 0.267 e. The van der Waals surface area contributed by atoms with Crippen molar-refractivity contribution < 1.29 is 4.79 Å². The van der Waals surface area contributed by atoms with Crippen LogP contribution in [0, 0.1) is 0 Å². The number of carbonyl (C=O) groups is 1. The van der Waals surface area contributed by atoms with Gasteiger partial charge in [0.15, 0.2) is 0 Å². The third kappa shape index (κ3) is 2.11. The number of anilines is 2. The van der Waals surface area contributed by atoms with Crippen LogP contribution in [0.5, 0.6) is 0 Å². The van der Waals surface area contributed by atoms with E-state index in [-0.39, 0.29) is 5.91 Å². The van der Waals surface area contributed by atoms with Crippen LogP contribution >= 0.6 is 11.3 Å². The number of thiophene rings is 1. The highest BCUT2D eigenvalue weighted by atomic mass is 32.1.